The van der Waals surface area contributed by atoms with Gasteiger partial charge in [-0.3, -0.25) is 9.78 Å². The van der Waals surface area contributed by atoms with E-state index in [0.29, 0.717) is 6.42 Å². The molecule has 4 nitrogen and oxygen atoms in total. The van der Waals surface area contributed by atoms with Gasteiger partial charge in [0.1, 0.15) is 5.75 Å². The molecule has 1 aromatic carbocycles. The molecule has 0 saturated carbocycles. The van der Waals surface area contributed by atoms with Crippen LogP contribution in [0.5, 0.6) is 5.75 Å². The number of pyridine rings is 1. The Hall–Kier alpha value is -2.71. The van der Waals surface area contributed by atoms with Crippen LogP contribution in [-0.2, 0) is 6.18 Å². The third-order valence-corrected chi connectivity index (χ3v) is 4.84. The van der Waals surface area contributed by atoms with E-state index in [1.165, 1.54) is 35.4 Å². The first-order chi connectivity index (χ1) is 14.1. The lowest BCUT2D eigenvalue weighted by Gasteiger charge is -2.31. The number of aromatic nitrogens is 1. The molecule has 9 heteroatoms. The SMILES string of the molecule is CCCOc1ccc(-c2ccc(C(=O)N3CCC(F)(F)CC3)cn2)cc1C(F)(F)F. The van der Waals surface area contributed by atoms with Crippen LogP contribution in [0.25, 0.3) is 11.3 Å². The van der Waals surface area contributed by atoms with Gasteiger partial charge in [0.15, 0.2) is 0 Å². The molecule has 1 aliphatic heterocycles. The van der Waals surface area contributed by atoms with Crippen molar-refractivity contribution in [2.45, 2.75) is 38.3 Å². The van der Waals surface area contributed by atoms with Crippen LogP contribution in [0.3, 0.4) is 0 Å². The highest BCUT2D eigenvalue weighted by atomic mass is 19.4. The predicted octanol–water partition coefficient (Wildman–Crippen LogP) is 5.43. The van der Waals surface area contributed by atoms with Gasteiger partial charge in [-0.05, 0) is 36.8 Å². The average molecular weight is 428 g/mol. The van der Waals surface area contributed by atoms with E-state index in [1.807, 2.05) is 0 Å². The summed E-state index contributed by atoms with van der Waals surface area (Å²) in [5, 5.41) is 0. The molecule has 3 rings (SSSR count). The third kappa shape index (κ3) is 5.06. The molecule has 1 saturated heterocycles. The number of rotatable bonds is 5. The van der Waals surface area contributed by atoms with E-state index in [2.05, 4.69) is 4.98 Å². The number of piperidine rings is 1. The lowest BCUT2D eigenvalue weighted by Crippen LogP contribution is -2.42. The van der Waals surface area contributed by atoms with Crippen LogP contribution in [-0.4, -0.2) is 41.4 Å². The lowest BCUT2D eigenvalue weighted by molar-refractivity contribution is -0.138. The number of hydrogen-bond donors (Lipinski definition) is 0. The summed E-state index contributed by atoms with van der Waals surface area (Å²) in [6, 6.07) is 6.56. The van der Waals surface area contributed by atoms with Gasteiger partial charge in [-0.25, -0.2) is 8.78 Å². The normalized spacial score (nSPS) is 16.4. The summed E-state index contributed by atoms with van der Waals surface area (Å²) in [4.78, 5) is 17.9. The second-order valence-corrected chi connectivity index (χ2v) is 7.14. The van der Waals surface area contributed by atoms with E-state index in [9.17, 15) is 26.7 Å². The van der Waals surface area contributed by atoms with Gasteiger partial charge in [0.05, 0.1) is 23.4 Å². The van der Waals surface area contributed by atoms with E-state index in [0.717, 1.165) is 6.07 Å². The van der Waals surface area contributed by atoms with Crippen LogP contribution in [0.4, 0.5) is 22.0 Å². The number of ether oxygens (including phenoxy) is 1. The summed E-state index contributed by atoms with van der Waals surface area (Å²) in [5.41, 5.74) is -0.223. The van der Waals surface area contributed by atoms with E-state index in [1.54, 1.807) is 6.92 Å². The molecule has 1 amide bonds. The number of hydrogen-bond acceptors (Lipinski definition) is 3. The van der Waals surface area contributed by atoms with Crippen LogP contribution in [0.1, 0.15) is 42.1 Å². The second kappa shape index (κ2) is 8.57. The maximum Gasteiger partial charge on any atom is 0.419 e. The molecule has 0 aliphatic carbocycles. The second-order valence-electron chi connectivity index (χ2n) is 7.14. The van der Waals surface area contributed by atoms with Crippen LogP contribution >= 0.6 is 0 Å². The topological polar surface area (TPSA) is 42.4 Å². The minimum atomic E-state index is -4.59. The Morgan fingerprint density at radius 3 is 2.43 bits per heavy atom. The summed E-state index contributed by atoms with van der Waals surface area (Å²) in [7, 11) is 0. The van der Waals surface area contributed by atoms with Crippen molar-refractivity contribution < 1.29 is 31.5 Å². The quantitative estimate of drug-likeness (QED) is 0.597. The molecule has 0 radical (unpaired) electrons. The Labute approximate surface area is 170 Å². The minimum Gasteiger partial charge on any atom is -0.493 e. The number of benzene rings is 1. The first-order valence-corrected chi connectivity index (χ1v) is 9.58. The Morgan fingerprint density at radius 1 is 1.17 bits per heavy atom. The summed E-state index contributed by atoms with van der Waals surface area (Å²) in [6.45, 7) is 1.85. The minimum absolute atomic E-state index is 0.0538. The summed E-state index contributed by atoms with van der Waals surface area (Å²) in [5.74, 6) is -3.44. The van der Waals surface area contributed by atoms with Crippen LogP contribution in [0, 0.1) is 0 Å². The molecule has 0 unspecified atom stereocenters. The number of amides is 1. The van der Waals surface area contributed by atoms with Crippen molar-refractivity contribution in [3.63, 3.8) is 0 Å². The summed E-state index contributed by atoms with van der Waals surface area (Å²) >= 11 is 0. The Morgan fingerprint density at radius 2 is 1.87 bits per heavy atom. The standard InChI is InChI=1S/C21H21F5N2O2/c1-2-11-30-18-6-4-14(12-16(18)21(24,25)26)17-5-3-15(13-27-17)19(29)28-9-7-20(22,23)8-10-28/h3-6,12-13H,2,7-11H2,1H3. The highest BCUT2D eigenvalue weighted by Crippen LogP contribution is 2.38. The predicted molar refractivity (Wildman–Crippen MR) is 101 cm³/mol. The van der Waals surface area contributed by atoms with Crippen molar-refractivity contribution in [1.29, 1.82) is 0 Å². The molecule has 2 aromatic rings. The van der Waals surface area contributed by atoms with Crippen LogP contribution in [0.2, 0.25) is 0 Å². The van der Waals surface area contributed by atoms with E-state index in [4.69, 9.17) is 4.74 Å². The number of carbonyl (C=O) groups is 1. The third-order valence-electron chi connectivity index (χ3n) is 4.84. The van der Waals surface area contributed by atoms with Crippen molar-refractivity contribution in [3.05, 3.63) is 47.7 Å². The summed E-state index contributed by atoms with van der Waals surface area (Å²) < 4.78 is 71.9. The van der Waals surface area contributed by atoms with Crippen molar-refractivity contribution in [3.8, 4) is 17.0 Å². The molecule has 30 heavy (non-hydrogen) atoms. The number of halogens is 5. The molecule has 2 heterocycles. The Balaban J connectivity index is 1.80. The maximum atomic E-state index is 13.4. The zero-order valence-corrected chi connectivity index (χ0v) is 16.3. The van der Waals surface area contributed by atoms with Gasteiger partial charge in [-0.15, -0.1) is 0 Å². The first-order valence-electron chi connectivity index (χ1n) is 9.58. The molecule has 1 aromatic heterocycles. The fourth-order valence-corrected chi connectivity index (χ4v) is 3.16. The number of alkyl halides is 5. The van der Waals surface area contributed by atoms with E-state index >= 15 is 0 Å². The highest BCUT2D eigenvalue weighted by Gasteiger charge is 2.36. The van der Waals surface area contributed by atoms with E-state index in [-0.39, 0.29) is 42.3 Å². The largest absolute Gasteiger partial charge is 0.493 e. The Kier molecular flexibility index (Phi) is 6.28. The molecular weight excluding hydrogens is 407 g/mol. The summed E-state index contributed by atoms with van der Waals surface area (Å²) in [6.07, 6.45) is -3.55. The van der Waals surface area contributed by atoms with Gasteiger partial charge < -0.3 is 9.64 Å². The first kappa shape index (κ1) is 22.0. The fraction of sp³-hybridized carbons (Fsp3) is 0.429. The molecule has 0 atom stereocenters. The van der Waals surface area contributed by atoms with Crippen LogP contribution < -0.4 is 4.74 Å². The zero-order valence-electron chi connectivity index (χ0n) is 16.3. The molecule has 1 aliphatic rings. The van der Waals surface area contributed by atoms with Crippen molar-refractivity contribution in [2.24, 2.45) is 0 Å². The fourth-order valence-electron chi connectivity index (χ4n) is 3.16. The van der Waals surface area contributed by atoms with Crippen molar-refractivity contribution in [2.75, 3.05) is 19.7 Å². The number of likely N-dealkylation sites (tertiary alicyclic amines) is 1. The highest BCUT2D eigenvalue weighted by molar-refractivity contribution is 5.94. The average Bonchev–Trinajstić information content (AvgIpc) is 2.71. The van der Waals surface area contributed by atoms with E-state index < -0.39 is 36.4 Å². The maximum absolute atomic E-state index is 13.4. The van der Waals surface area contributed by atoms with Crippen molar-refractivity contribution in [1.82, 2.24) is 9.88 Å². The van der Waals surface area contributed by atoms with Crippen molar-refractivity contribution >= 4 is 5.91 Å². The Bertz CT molecular complexity index is 887. The lowest BCUT2D eigenvalue weighted by atomic mass is 10.0. The zero-order chi connectivity index (χ0) is 21.9. The van der Waals surface area contributed by atoms with Gasteiger partial charge in [0.25, 0.3) is 11.8 Å². The molecule has 0 spiro atoms. The molecule has 162 valence electrons. The number of carbonyl (C=O) groups excluding carboxylic acids is 1. The smallest absolute Gasteiger partial charge is 0.419 e. The van der Waals surface area contributed by atoms with Gasteiger partial charge >= 0.3 is 6.18 Å². The van der Waals surface area contributed by atoms with Gasteiger partial charge in [0.2, 0.25) is 0 Å². The molecule has 0 N–H and O–H groups in total. The monoisotopic (exact) mass is 428 g/mol. The molecule has 0 bridgehead atoms. The van der Waals surface area contributed by atoms with Gasteiger partial charge in [0, 0.05) is 37.7 Å². The molecule has 1 fully saturated rings. The number of nitrogens with zero attached hydrogens (tertiary/aromatic N) is 2. The van der Waals surface area contributed by atoms with Gasteiger partial charge in [-0.2, -0.15) is 13.2 Å². The van der Waals surface area contributed by atoms with Gasteiger partial charge in [-0.1, -0.05) is 6.92 Å². The van der Waals surface area contributed by atoms with Crippen LogP contribution in [0.15, 0.2) is 36.5 Å². The molecular formula is C21H21F5N2O2.